The van der Waals surface area contributed by atoms with Crippen molar-refractivity contribution < 1.29 is 4.79 Å². The summed E-state index contributed by atoms with van der Waals surface area (Å²) in [7, 11) is 4.16. The second-order valence-corrected chi connectivity index (χ2v) is 8.76. The zero-order valence-corrected chi connectivity index (χ0v) is 17.9. The molecule has 6 nitrogen and oxygen atoms in total. The van der Waals surface area contributed by atoms with Crippen LogP contribution in [0.25, 0.3) is 0 Å². The van der Waals surface area contributed by atoms with Crippen molar-refractivity contribution in [3.8, 4) is 0 Å². The van der Waals surface area contributed by atoms with Gasteiger partial charge in [0.15, 0.2) is 0 Å². The summed E-state index contributed by atoms with van der Waals surface area (Å²) < 4.78 is 2.00. The minimum absolute atomic E-state index is 0.0416. The Labute approximate surface area is 164 Å². The minimum Gasteiger partial charge on any atom is -0.340 e. The Morgan fingerprint density at radius 2 is 2.04 bits per heavy atom. The van der Waals surface area contributed by atoms with E-state index in [1.54, 1.807) is 0 Å². The molecule has 0 bridgehead atoms. The molecule has 1 amide bonds. The molecule has 1 aromatic heterocycles. The van der Waals surface area contributed by atoms with E-state index in [2.05, 4.69) is 42.7 Å². The maximum atomic E-state index is 13.4. The first-order chi connectivity index (χ1) is 12.9. The maximum Gasteiger partial charge on any atom is 0.239 e. The van der Waals surface area contributed by atoms with Gasteiger partial charge in [0.25, 0.3) is 0 Å². The lowest BCUT2D eigenvalue weighted by molar-refractivity contribution is -0.135. The van der Waals surface area contributed by atoms with Gasteiger partial charge in [-0.1, -0.05) is 6.92 Å². The highest BCUT2D eigenvalue weighted by Gasteiger charge is 2.47. The van der Waals surface area contributed by atoms with E-state index in [0.29, 0.717) is 12.0 Å². The lowest BCUT2D eigenvalue weighted by Crippen LogP contribution is -2.44. The number of aryl methyl sites for hydroxylation is 1. The molecule has 2 aliphatic rings. The average molecular weight is 376 g/mol. The Kier molecular flexibility index (Phi) is 6.26. The SMILES string of the molecule is CCCN1CC2(CCN(C)CC2)C[C@H]1C(=O)N(C)Cc1cnn(CC)c1C. The van der Waals surface area contributed by atoms with Gasteiger partial charge in [0, 0.05) is 37.9 Å². The lowest BCUT2D eigenvalue weighted by Gasteiger charge is -2.37. The second kappa shape index (κ2) is 8.31. The van der Waals surface area contributed by atoms with Gasteiger partial charge in [0.2, 0.25) is 5.91 Å². The van der Waals surface area contributed by atoms with Gasteiger partial charge in [-0.25, -0.2) is 0 Å². The Morgan fingerprint density at radius 1 is 1.33 bits per heavy atom. The van der Waals surface area contributed by atoms with Gasteiger partial charge < -0.3 is 9.80 Å². The van der Waals surface area contributed by atoms with Gasteiger partial charge in [-0.15, -0.1) is 0 Å². The first-order valence-electron chi connectivity index (χ1n) is 10.6. The molecule has 1 atom stereocenters. The lowest BCUT2D eigenvalue weighted by atomic mass is 9.76. The molecule has 0 unspecified atom stereocenters. The number of piperidine rings is 1. The number of aromatic nitrogens is 2. The van der Waals surface area contributed by atoms with Crippen molar-refractivity contribution in [2.24, 2.45) is 5.41 Å². The zero-order chi connectivity index (χ0) is 19.6. The summed E-state index contributed by atoms with van der Waals surface area (Å²) in [4.78, 5) is 20.2. The molecule has 0 N–H and O–H groups in total. The van der Waals surface area contributed by atoms with E-state index in [0.717, 1.165) is 51.1 Å². The second-order valence-electron chi connectivity index (χ2n) is 8.76. The molecule has 0 aliphatic carbocycles. The summed E-state index contributed by atoms with van der Waals surface area (Å²) in [5.74, 6) is 0.280. The number of carbonyl (C=O) groups is 1. The third-order valence-electron chi connectivity index (χ3n) is 6.74. The van der Waals surface area contributed by atoms with Crippen LogP contribution in [0.15, 0.2) is 6.20 Å². The van der Waals surface area contributed by atoms with E-state index >= 15 is 0 Å². The van der Waals surface area contributed by atoms with E-state index < -0.39 is 0 Å². The maximum absolute atomic E-state index is 13.4. The van der Waals surface area contributed by atoms with E-state index in [1.807, 2.05) is 22.8 Å². The molecule has 0 aromatic carbocycles. The van der Waals surface area contributed by atoms with E-state index in [-0.39, 0.29) is 11.9 Å². The first-order valence-corrected chi connectivity index (χ1v) is 10.6. The largest absolute Gasteiger partial charge is 0.340 e. The molecule has 152 valence electrons. The molecule has 6 heteroatoms. The molecule has 0 radical (unpaired) electrons. The summed E-state index contributed by atoms with van der Waals surface area (Å²) in [6.07, 6.45) is 6.49. The van der Waals surface area contributed by atoms with Crippen LogP contribution in [-0.4, -0.2) is 76.7 Å². The van der Waals surface area contributed by atoms with Gasteiger partial charge in [-0.3, -0.25) is 14.4 Å². The number of likely N-dealkylation sites (N-methyl/N-ethyl adjacent to an activating group) is 1. The van der Waals surface area contributed by atoms with E-state index in [9.17, 15) is 4.79 Å². The highest BCUT2D eigenvalue weighted by Crippen LogP contribution is 2.43. The zero-order valence-electron chi connectivity index (χ0n) is 17.9. The van der Waals surface area contributed by atoms with Crippen LogP contribution in [0.2, 0.25) is 0 Å². The van der Waals surface area contributed by atoms with Crippen LogP contribution >= 0.6 is 0 Å². The summed E-state index contributed by atoms with van der Waals surface area (Å²) in [6, 6.07) is 0.0416. The molecular formula is C21H37N5O. The monoisotopic (exact) mass is 375 g/mol. The quantitative estimate of drug-likeness (QED) is 0.766. The van der Waals surface area contributed by atoms with Crippen LogP contribution in [0.5, 0.6) is 0 Å². The molecule has 1 spiro atoms. The van der Waals surface area contributed by atoms with Gasteiger partial charge in [-0.05, 0) is 71.6 Å². The number of hydrogen-bond acceptors (Lipinski definition) is 4. The van der Waals surface area contributed by atoms with Crippen molar-refractivity contribution in [3.63, 3.8) is 0 Å². The molecular weight excluding hydrogens is 338 g/mol. The van der Waals surface area contributed by atoms with Crippen molar-refractivity contribution in [1.82, 2.24) is 24.5 Å². The van der Waals surface area contributed by atoms with Crippen molar-refractivity contribution in [2.45, 2.75) is 65.6 Å². The van der Waals surface area contributed by atoms with Crippen LogP contribution in [0, 0.1) is 12.3 Å². The fourth-order valence-corrected chi connectivity index (χ4v) is 4.91. The highest BCUT2D eigenvalue weighted by molar-refractivity contribution is 5.82. The molecule has 2 saturated heterocycles. The Balaban J connectivity index is 1.70. The topological polar surface area (TPSA) is 44.6 Å². The van der Waals surface area contributed by atoms with Gasteiger partial charge >= 0.3 is 0 Å². The third-order valence-corrected chi connectivity index (χ3v) is 6.74. The standard InChI is InChI=1S/C21H37N5O/c1-6-10-25-16-21(8-11-23(4)12-9-21)13-19(25)20(27)24(5)15-18-14-22-26(7-2)17(18)3/h14,19H,6-13,15-16H2,1-5H3/t19-/m0/s1. The average Bonchev–Trinajstić information content (AvgIpc) is 3.18. The van der Waals surface area contributed by atoms with Crippen molar-refractivity contribution in [1.29, 1.82) is 0 Å². The Morgan fingerprint density at radius 3 is 2.63 bits per heavy atom. The van der Waals surface area contributed by atoms with E-state index in [1.165, 1.54) is 18.5 Å². The molecule has 2 aliphatic heterocycles. The molecule has 3 rings (SSSR count). The van der Waals surface area contributed by atoms with Crippen LogP contribution in [-0.2, 0) is 17.9 Å². The van der Waals surface area contributed by atoms with Gasteiger partial charge in [0.05, 0.1) is 12.2 Å². The van der Waals surface area contributed by atoms with Crippen LogP contribution in [0.4, 0.5) is 0 Å². The fourth-order valence-electron chi connectivity index (χ4n) is 4.91. The number of hydrogen-bond donors (Lipinski definition) is 0. The Bertz CT molecular complexity index is 647. The number of carbonyl (C=O) groups excluding carboxylic acids is 1. The molecule has 1 aromatic rings. The summed E-state index contributed by atoms with van der Waals surface area (Å²) in [5, 5.41) is 4.43. The third kappa shape index (κ3) is 4.21. The summed E-state index contributed by atoms with van der Waals surface area (Å²) in [6.45, 7) is 12.4. The molecule has 27 heavy (non-hydrogen) atoms. The fraction of sp³-hybridized carbons (Fsp3) is 0.810. The predicted molar refractivity (Wildman–Crippen MR) is 109 cm³/mol. The van der Waals surface area contributed by atoms with Crippen molar-refractivity contribution >= 4 is 5.91 Å². The Hall–Kier alpha value is -1.40. The number of likely N-dealkylation sites (tertiary alicyclic amines) is 2. The number of nitrogens with zero attached hydrogens (tertiary/aromatic N) is 5. The van der Waals surface area contributed by atoms with Crippen molar-refractivity contribution in [2.75, 3.05) is 40.3 Å². The normalized spacial score (nSPS) is 23.2. The summed E-state index contributed by atoms with van der Waals surface area (Å²) >= 11 is 0. The number of rotatable bonds is 6. The van der Waals surface area contributed by atoms with Gasteiger partial charge in [-0.2, -0.15) is 5.10 Å². The van der Waals surface area contributed by atoms with Gasteiger partial charge in [0.1, 0.15) is 0 Å². The first kappa shape index (κ1) is 20.3. The predicted octanol–water partition coefficient (Wildman–Crippen LogP) is 2.37. The van der Waals surface area contributed by atoms with Crippen LogP contribution in [0.1, 0.15) is 50.8 Å². The van der Waals surface area contributed by atoms with Crippen LogP contribution < -0.4 is 0 Å². The summed E-state index contributed by atoms with van der Waals surface area (Å²) in [5.41, 5.74) is 2.66. The van der Waals surface area contributed by atoms with E-state index in [4.69, 9.17) is 0 Å². The highest BCUT2D eigenvalue weighted by atomic mass is 16.2. The smallest absolute Gasteiger partial charge is 0.239 e. The molecule has 0 saturated carbocycles. The minimum atomic E-state index is 0.0416. The van der Waals surface area contributed by atoms with Crippen molar-refractivity contribution in [3.05, 3.63) is 17.5 Å². The van der Waals surface area contributed by atoms with Crippen LogP contribution in [0.3, 0.4) is 0 Å². The molecule has 3 heterocycles. The number of amides is 1. The molecule has 2 fully saturated rings.